The Morgan fingerprint density at radius 2 is 2.05 bits per heavy atom. The van der Waals surface area contributed by atoms with Crippen molar-refractivity contribution in [1.82, 2.24) is 24.3 Å². The molecule has 1 N–H and O–H groups in total. The highest BCUT2D eigenvalue weighted by atomic mass is 19.1. The summed E-state index contributed by atoms with van der Waals surface area (Å²) in [6.07, 6.45) is 3.73. The fraction of sp³-hybridized carbons (Fsp3) is 0.357. The molecule has 4 aromatic rings. The van der Waals surface area contributed by atoms with Gasteiger partial charge in [0.05, 0.1) is 43.7 Å². The van der Waals surface area contributed by atoms with Crippen LogP contribution < -0.4 is 10.1 Å². The van der Waals surface area contributed by atoms with Gasteiger partial charge in [-0.2, -0.15) is 0 Å². The van der Waals surface area contributed by atoms with E-state index >= 15 is 0 Å². The van der Waals surface area contributed by atoms with Crippen molar-refractivity contribution in [2.75, 3.05) is 38.3 Å². The Morgan fingerprint density at radius 1 is 1.13 bits per heavy atom. The summed E-state index contributed by atoms with van der Waals surface area (Å²) in [6, 6.07) is 7.04. The molecule has 11 heteroatoms. The summed E-state index contributed by atoms with van der Waals surface area (Å²) >= 11 is 0. The zero-order chi connectivity index (χ0) is 26.5. The van der Waals surface area contributed by atoms with Gasteiger partial charge in [0, 0.05) is 54.6 Å². The van der Waals surface area contributed by atoms with E-state index in [0.29, 0.717) is 74.4 Å². The Bertz CT molecular complexity index is 1600. The van der Waals surface area contributed by atoms with Gasteiger partial charge in [0.25, 0.3) is 5.91 Å². The lowest BCUT2D eigenvalue weighted by Gasteiger charge is -2.31. The van der Waals surface area contributed by atoms with Crippen LogP contribution in [0.2, 0.25) is 0 Å². The molecular weight excluding hydrogens is 503 g/mol. The predicted molar refractivity (Wildman–Crippen MR) is 139 cm³/mol. The second kappa shape index (κ2) is 9.58. The lowest BCUT2D eigenvalue weighted by atomic mass is 10.0. The van der Waals surface area contributed by atoms with Crippen molar-refractivity contribution >= 4 is 17.4 Å². The van der Waals surface area contributed by atoms with Crippen molar-refractivity contribution in [2.24, 2.45) is 0 Å². The van der Waals surface area contributed by atoms with E-state index < -0.39 is 0 Å². The molecule has 39 heavy (non-hydrogen) atoms. The molecule has 1 aromatic carbocycles. The minimum atomic E-state index is -0.298. The fourth-order valence-corrected chi connectivity index (χ4v) is 5.56. The first kappa shape index (κ1) is 24.0. The summed E-state index contributed by atoms with van der Waals surface area (Å²) in [5.74, 6) is 0.653. The molecule has 0 radical (unpaired) electrons. The van der Waals surface area contributed by atoms with Gasteiger partial charge in [0.15, 0.2) is 5.69 Å². The number of carbonyl (C=O) groups is 1. The molecule has 0 bridgehead atoms. The third-order valence-corrected chi connectivity index (χ3v) is 7.46. The van der Waals surface area contributed by atoms with Crippen LogP contribution in [-0.4, -0.2) is 69.2 Å². The highest BCUT2D eigenvalue weighted by molar-refractivity contribution is 6.04. The van der Waals surface area contributed by atoms with Gasteiger partial charge in [-0.05, 0) is 30.7 Å². The van der Waals surface area contributed by atoms with E-state index in [4.69, 9.17) is 19.2 Å². The van der Waals surface area contributed by atoms with E-state index in [1.54, 1.807) is 27.9 Å². The summed E-state index contributed by atoms with van der Waals surface area (Å²) in [7, 11) is 0. The zero-order valence-corrected chi connectivity index (χ0v) is 21.4. The standard InChI is InChI=1S/C28H27FN6O4/c1-16-2-3-17-12-34(13-18-14-37-8-9-38-18)27(36)25-26-21(24(17)33-16)11-31-28(35(26)15-32-25)30-10-20-19-6-7-39-23(19)5-4-22(20)29/h2-5,11,15,18H,6-10,12-14H2,1H3,(H,30,31). The Hall–Kier alpha value is -4.09. The van der Waals surface area contributed by atoms with Crippen molar-refractivity contribution in [1.29, 1.82) is 0 Å². The van der Waals surface area contributed by atoms with Gasteiger partial charge in [-0.25, -0.2) is 14.4 Å². The highest BCUT2D eigenvalue weighted by Gasteiger charge is 2.31. The molecule has 3 aromatic heterocycles. The van der Waals surface area contributed by atoms with Crippen LogP contribution >= 0.6 is 0 Å². The molecule has 1 unspecified atom stereocenters. The van der Waals surface area contributed by atoms with Crippen LogP contribution in [0.15, 0.2) is 36.8 Å². The third kappa shape index (κ3) is 4.18. The van der Waals surface area contributed by atoms with Crippen molar-refractivity contribution < 1.29 is 23.4 Å². The number of aromatic nitrogens is 4. The van der Waals surface area contributed by atoms with Gasteiger partial charge >= 0.3 is 0 Å². The molecule has 0 saturated carbocycles. The maximum absolute atomic E-state index is 14.8. The summed E-state index contributed by atoms with van der Waals surface area (Å²) in [5.41, 5.74) is 5.55. The summed E-state index contributed by atoms with van der Waals surface area (Å²) in [4.78, 5) is 29.7. The molecule has 7 rings (SSSR count). The maximum Gasteiger partial charge on any atom is 0.275 e. The largest absolute Gasteiger partial charge is 0.493 e. The minimum absolute atomic E-state index is 0.208. The predicted octanol–water partition coefficient (Wildman–Crippen LogP) is 3.16. The van der Waals surface area contributed by atoms with E-state index in [9.17, 15) is 9.18 Å². The van der Waals surface area contributed by atoms with Crippen LogP contribution in [0.25, 0.3) is 16.8 Å². The van der Waals surface area contributed by atoms with Crippen LogP contribution in [0.1, 0.15) is 32.9 Å². The second-order valence-electron chi connectivity index (χ2n) is 9.98. The fourth-order valence-electron chi connectivity index (χ4n) is 5.56. The highest BCUT2D eigenvalue weighted by Crippen LogP contribution is 2.34. The van der Waals surface area contributed by atoms with Gasteiger partial charge in [-0.3, -0.25) is 14.2 Å². The number of amides is 1. The van der Waals surface area contributed by atoms with E-state index in [0.717, 1.165) is 28.1 Å². The number of carbonyl (C=O) groups excluding carboxylic acids is 1. The van der Waals surface area contributed by atoms with Gasteiger partial charge in [0.2, 0.25) is 5.95 Å². The van der Waals surface area contributed by atoms with E-state index in [-0.39, 0.29) is 24.4 Å². The van der Waals surface area contributed by atoms with Crippen LogP contribution in [0.4, 0.5) is 10.3 Å². The van der Waals surface area contributed by atoms with Crippen molar-refractivity contribution in [2.45, 2.75) is 32.5 Å². The van der Waals surface area contributed by atoms with Crippen molar-refractivity contribution in [3.8, 4) is 17.0 Å². The first-order chi connectivity index (χ1) is 19.1. The molecule has 200 valence electrons. The smallest absolute Gasteiger partial charge is 0.275 e. The van der Waals surface area contributed by atoms with Gasteiger partial charge in [-0.15, -0.1) is 0 Å². The van der Waals surface area contributed by atoms with E-state index in [2.05, 4.69) is 15.3 Å². The van der Waals surface area contributed by atoms with Crippen LogP contribution in [0.5, 0.6) is 5.75 Å². The topological polar surface area (TPSA) is 103 Å². The average molecular weight is 531 g/mol. The number of benzene rings is 1. The normalized spacial score (nSPS) is 18.4. The number of halogens is 1. The molecule has 1 atom stereocenters. The first-order valence-electron chi connectivity index (χ1n) is 13.1. The first-order valence-corrected chi connectivity index (χ1v) is 13.1. The zero-order valence-electron chi connectivity index (χ0n) is 21.4. The molecule has 6 heterocycles. The number of anilines is 1. The Kier molecular flexibility index (Phi) is 5.89. The van der Waals surface area contributed by atoms with Crippen molar-refractivity contribution in [3.63, 3.8) is 0 Å². The molecule has 3 aliphatic rings. The Balaban J connectivity index is 1.30. The van der Waals surface area contributed by atoms with Crippen molar-refractivity contribution in [3.05, 3.63) is 70.7 Å². The number of rotatable bonds is 5. The number of nitrogens with zero attached hydrogens (tertiary/aromatic N) is 5. The summed E-state index contributed by atoms with van der Waals surface area (Å²) in [6.45, 7) is 4.90. The average Bonchev–Trinajstić information content (AvgIpc) is 3.61. The Labute approximate surface area is 223 Å². The Morgan fingerprint density at radius 3 is 2.92 bits per heavy atom. The lowest BCUT2D eigenvalue weighted by molar-refractivity contribution is -0.0953. The quantitative estimate of drug-likeness (QED) is 0.420. The van der Waals surface area contributed by atoms with Crippen LogP contribution in [-0.2, 0) is 29.0 Å². The summed E-state index contributed by atoms with van der Waals surface area (Å²) < 4.78 is 33.5. The van der Waals surface area contributed by atoms with Crippen LogP contribution in [0, 0.1) is 12.7 Å². The number of nitrogens with one attached hydrogen (secondary N) is 1. The molecule has 1 amide bonds. The second-order valence-corrected chi connectivity index (χ2v) is 9.98. The monoisotopic (exact) mass is 530 g/mol. The molecule has 1 saturated heterocycles. The number of hydrogen-bond acceptors (Lipinski definition) is 8. The maximum atomic E-state index is 14.8. The van der Waals surface area contributed by atoms with Gasteiger partial charge in [0.1, 0.15) is 17.9 Å². The minimum Gasteiger partial charge on any atom is -0.493 e. The molecule has 0 aliphatic carbocycles. The molecule has 3 aliphatic heterocycles. The van der Waals surface area contributed by atoms with Crippen LogP contribution in [0.3, 0.4) is 0 Å². The molecular formula is C28H27FN6O4. The van der Waals surface area contributed by atoms with Gasteiger partial charge < -0.3 is 24.4 Å². The van der Waals surface area contributed by atoms with E-state index in [1.807, 2.05) is 19.1 Å². The SMILES string of the molecule is Cc1ccc2c(n1)-c1cnc(NCc3c(F)ccc4c3CCO4)n3cnc(c13)C(=O)N(CC1COCCO1)C2. The number of imidazole rings is 1. The number of fused-ring (bicyclic) bond motifs is 3. The summed E-state index contributed by atoms with van der Waals surface area (Å²) in [5, 5.41) is 3.26. The number of ether oxygens (including phenoxy) is 3. The number of hydrogen-bond donors (Lipinski definition) is 1. The molecule has 1 fully saturated rings. The lowest BCUT2D eigenvalue weighted by Crippen LogP contribution is -2.43. The number of pyridine rings is 1. The number of aryl methyl sites for hydroxylation is 1. The van der Waals surface area contributed by atoms with E-state index in [1.165, 1.54) is 6.07 Å². The molecule has 0 spiro atoms. The third-order valence-electron chi connectivity index (χ3n) is 7.46. The van der Waals surface area contributed by atoms with Gasteiger partial charge in [-0.1, -0.05) is 6.07 Å². The molecule has 10 nitrogen and oxygen atoms in total.